The van der Waals surface area contributed by atoms with Gasteiger partial charge in [0.2, 0.25) is 0 Å². The summed E-state index contributed by atoms with van der Waals surface area (Å²) in [6.07, 6.45) is -0.318. The molecule has 0 aromatic heterocycles. The van der Waals surface area contributed by atoms with Gasteiger partial charge in [0.15, 0.2) is 11.6 Å². The van der Waals surface area contributed by atoms with Crippen molar-refractivity contribution in [3.63, 3.8) is 0 Å². The Morgan fingerprint density at radius 2 is 2.08 bits per heavy atom. The first-order chi connectivity index (χ1) is 11.7. The van der Waals surface area contributed by atoms with Gasteiger partial charge in [-0.3, -0.25) is 4.90 Å². The summed E-state index contributed by atoms with van der Waals surface area (Å²) in [6.45, 7) is 8.26. The lowest BCUT2D eigenvalue weighted by molar-refractivity contribution is 0.00352. The van der Waals surface area contributed by atoms with Crippen LogP contribution in [0.2, 0.25) is 0 Å². The molecule has 1 saturated heterocycles. The highest BCUT2D eigenvalue weighted by Gasteiger charge is 2.31. The SMILES string of the molecule is COc1ccc(CN2CCN(C(=O)OC(C)(C)C)CC2CN)cc1F. The van der Waals surface area contributed by atoms with Crippen LogP contribution in [-0.4, -0.2) is 60.8 Å². The van der Waals surface area contributed by atoms with E-state index in [1.54, 1.807) is 11.0 Å². The molecule has 1 amide bonds. The van der Waals surface area contributed by atoms with E-state index in [0.717, 1.165) is 5.56 Å². The number of nitrogens with two attached hydrogens (primary N) is 1. The number of halogens is 1. The number of piperazine rings is 1. The van der Waals surface area contributed by atoms with Crippen LogP contribution in [0, 0.1) is 5.82 Å². The van der Waals surface area contributed by atoms with E-state index in [0.29, 0.717) is 32.7 Å². The quantitative estimate of drug-likeness (QED) is 0.899. The third-order valence-corrected chi connectivity index (χ3v) is 4.13. The topological polar surface area (TPSA) is 68.0 Å². The number of methoxy groups -OCH3 is 1. The normalized spacial score (nSPS) is 19.0. The molecule has 1 heterocycles. The number of amides is 1. The number of benzene rings is 1. The Morgan fingerprint density at radius 1 is 1.36 bits per heavy atom. The summed E-state index contributed by atoms with van der Waals surface area (Å²) < 4.78 is 24.2. The maximum Gasteiger partial charge on any atom is 0.410 e. The number of carbonyl (C=O) groups excluding carboxylic acids is 1. The molecule has 1 aromatic rings. The van der Waals surface area contributed by atoms with Crippen LogP contribution >= 0.6 is 0 Å². The summed E-state index contributed by atoms with van der Waals surface area (Å²) in [4.78, 5) is 16.1. The van der Waals surface area contributed by atoms with E-state index in [9.17, 15) is 9.18 Å². The van der Waals surface area contributed by atoms with Crippen molar-refractivity contribution >= 4 is 6.09 Å². The van der Waals surface area contributed by atoms with E-state index >= 15 is 0 Å². The summed E-state index contributed by atoms with van der Waals surface area (Å²) in [5.41, 5.74) is 6.23. The molecule has 1 aliphatic rings. The smallest absolute Gasteiger partial charge is 0.410 e. The van der Waals surface area contributed by atoms with Gasteiger partial charge < -0.3 is 20.1 Å². The molecule has 6 nitrogen and oxygen atoms in total. The average molecular weight is 353 g/mol. The lowest BCUT2D eigenvalue weighted by atomic mass is 10.1. The van der Waals surface area contributed by atoms with Gasteiger partial charge in [0, 0.05) is 38.8 Å². The minimum Gasteiger partial charge on any atom is -0.494 e. The molecule has 7 heteroatoms. The van der Waals surface area contributed by atoms with Crippen LogP contribution < -0.4 is 10.5 Å². The monoisotopic (exact) mass is 353 g/mol. The number of hydrogen-bond donors (Lipinski definition) is 1. The molecule has 1 atom stereocenters. The molecule has 0 spiro atoms. The Hall–Kier alpha value is -1.86. The fourth-order valence-electron chi connectivity index (χ4n) is 2.86. The Balaban J connectivity index is 2.00. The van der Waals surface area contributed by atoms with E-state index < -0.39 is 5.60 Å². The summed E-state index contributed by atoms with van der Waals surface area (Å²) in [5, 5.41) is 0. The van der Waals surface area contributed by atoms with Gasteiger partial charge in [-0.25, -0.2) is 9.18 Å². The van der Waals surface area contributed by atoms with Gasteiger partial charge >= 0.3 is 6.09 Å². The molecule has 140 valence electrons. The van der Waals surface area contributed by atoms with Crippen molar-refractivity contribution in [2.45, 2.75) is 39.0 Å². The molecule has 1 fully saturated rings. The van der Waals surface area contributed by atoms with Crippen molar-refractivity contribution < 1.29 is 18.7 Å². The predicted octanol–water partition coefficient (Wildman–Crippen LogP) is 2.21. The predicted molar refractivity (Wildman–Crippen MR) is 94.0 cm³/mol. The van der Waals surface area contributed by atoms with Gasteiger partial charge in [0.05, 0.1) is 7.11 Å². The fourth-order valence-corrected chi connectivity index (χ4v) is 2.86. The van der Waals surface area contributed by atoms with E-state index in [1.807, 2.05) is 26.8 Å². The first-order valence-electron chi connectivity index (χ1n) is 8.48. The zero-order valence-corrected chi connectivity index (χ0v) is 15.4. The molecule has 2 N–H and O–H groups in total. The number of rotatable bonds is 4. The zero-order chi connectivity index (χ0) is 18.6. The van der Waals surface area contributed by atoms with Crippen LogP contribution in [0.25, 0.3) is 0 Å². The van der Waals surface area contributed by atoms with Crippen LogP contribution in [0.4, 0.5) is 9.18 Å². The van der Waals surface area contributed by atoms with Crippen molar-refractivity contribution in [1.82, 2.24) is 9.80 Å². The Bertz CT molecular complexity index is 604. The second-order valence-corrected chi connectivity index (χ2v) is 7.26. The summed E-state index contributed by atoms with van der Waals surface area (Å²) in [7, 11) is 1.44. The van der Waals surface area contributed by atoms with E-state index in [4.69, 9.17) is 15.2 Å². The van der Waals surface area contributed by atoms with E-state index in [2.05, 4.69) is 4.90 Å². The molecular weight excluding hydrogens is 325 g/mol. The minimum absolute atomic E-state index is 0.00595. The summed E-state index contributed by atoms with van der Waals surface area (Å²) in [6, 6.07) is 4.95. The molecule has 1 aliphatic heterocycles. The van der Waals surface area contributed by atoms with Gasteiger partial charge in [-0.05, 0) is 38.5 Å². The molecule has 0 saturated carbocycles. The molecular formula is C18H28FN3O3. The van der Waals surface area contributed by atoms with Crippen molar-refractivity contribution in [1.29, 1.82) is 0 Å². The Morgan fingerprint density at radius 3 is 2.64 bits per heavy atom. The third kappa shape index (κ3) is 5.31. The maximum absolute atomic E-state index is 13.9. The Labute approximate surface area is 148 Å². The zero-order valence-electron chi connectivity index (χ0n) is 15.4. The summed E-state index contributed by atoms with van der Waals surface area (Å²) in [5.74, 6) is -0.148. The lowest BCUT2D eigenvalue weighted by Crippen LogP contribution is -2.57. The fraction of sp³-hybridized carbons (Fsp3) is 0.611. The molecule has 1 aromatic carbocycles. The Kier molecular flexibility index (Phi) is 6.24. The standard InChI is InChI=1S/C18H28FN3O3/c1-18(2,3)25-17(23)22-8-7-21(14(10-20)12-22)11-13-5-6-16(24-4)15(19)9-13/h5-6,9,14H,7-8,10-12,20H2,1-4H3. The van der Waals surface area contributed by atoms with Crippen LogP contribution in [0.3, 0.4) is 0 Å². The number of hydrogen-bond acceptors (Lipinski definition) is 5. The van der Waals surface area contributed by atoms with Crippen LogP contribution in [-0.2, 0) is 11.3 Å². The van der Waals surface area contributed by atoms with Crippen LogP contribution in [0.15, 0.2) is 18.2 Å². The van der Waals surface area contributed by atoms with Crippen molar-refractivity contribution in [2.75, 3.05) is 33.3 Å². The average Bonchev–Trinajstić information content (AvgIpc) is 2.53. The van der Waals surface area contributed by atoms with E-state index in [1.165, 1.54) is 13.2 Å². The summed E-state index contributed by atoms with van der Waals surface area (Å²) >= 11 is 0. The number of ether oxygens (including phenoxy) is 2. The highest BCUT2D eigenvalue weighted by atomic mass is 19.1. The largest absolute Gasteiger partial charge is 0.494 e. The second-order valence-electron chi connectivity index (χ2n) is 7.26. The first-order valence-corrected chi connectivity index (χ1v) is 8.48. The highest BCUT2D eigenvalue weighted by molar-refractivity contribution is 5.68. The van der Waals surface area contributed by atoms with Crippen molar-refractivity contribution in [3.05, 3.63) is 29.6 Å². The number of nitrogens with zero attached hydrogens (tertiary/aromatic N) is 2. The van der Waals surface area contributed by atoms with E-state index in [-0.39, 0.29) is 23.7 Å². The molecule has 0 radical (unpaired) electrons. The first kappa shape index (κ1) is 19.5. The van der Waals surface area contributed by atoms with Crippen molar-refractivity contribution in [3.8, 4) is 5.75 Å². The molecule has 2 rings (SSSR count). The third-order valence-electron chi connectivity index (χ3n) is 4.13. The second kappa shape index (κ2) is 8.01. The van der Waals surface area contributed by atoms with Crippen LogP contribution in [0.1, 0.15) is 26.3 Å². The molecule has 1 unspecified atom stereocenters. The van der Waals surface area contributed by atoms with Gasteiger partial charge in [-0.15, -0.1) is 0 Å². The maximum atomic E-state index is 13.9. The lowest BCUT2D eigenvalue weighted by Gasteiger charge is -2.41. The van der Waals surface area contributed by atoms with Gasteiger partial charge in [0.25, 0.3) is 0 Å². The van der Waals surface area contributed by atoms with Gasteiger partial charge in [-0.1, -0.05) is 6.07 Å². The highest BCUT2D eigenvalue weighted by Crippen LogP contribution is 2.21. The molecule has 0 aliphatic carbocycles. The molecule has 25 heavy (non-hydrogen) atoms. The molecule has 0 bridgehead atoms. The van der Waals surface area contributed by atoms with Crippen molar-refractivity contribution in [2.24, 2.45) is 5.73 Å². The van der Waals surface area contributed by atoms with Gasteiger partial charge in [-0.2, -0.15) is 0 Å². The number of carbonyl (C=O) groups is 1. The van der Waals surface area contributed by atoms with Crippen LogP contribution in [0.5, 0.6) is 5.75 Å². The van der Waals surface area contributed by atoms with Gasteiger partial charge in [0.1, 0.15) is 5.60 Å². The minimum atomic E-state index is -0.521.